The van der Waals surface area contributed by atoms with Crippen LogP contribution in [-0.4, -0.2) is 38.1 Å². The number of rotatable bonds is 7. The lowest BCUT2D eigenvalue weighted by Gasteiger charge is -2.15. The number of hydrogen-bond donors (Lipinski definition) is 2. The summed E-state index contributed by atoms with van der Waals surface area (Å²) in [6.45, 7) is 1.99. The third-order valence-corrected chi connectivity index (χ3v) is 4.82. The summed E-state index contributed by atoms with van der Waals surface area (Å²) in [5.41, 5.74) is 2.32. The van der Waals surface area contributed by atoms with Crippen LogP contribution < -0.4 is 10.6 Å². The normalized spacial score (nSPS) is 14.2. The molecule has 2 aromatic carbocycles. The fraction of sp³-hybridized carbons (Fsp3) is 0.286. The highest BCUT2D eigenvalue weighted by molar-refractivity contribution is 5.95. The highest BCUT2D eigenvalue weighted by Gasteiger charge is 2.26. The van der Waals surface area contributed by atoms with Crippen LogP contribution in [0, 0.1) is 0 Å². The van der Waals surface area contributed by atoms with Crippen LogP contribution >= 0.6 is 0 Å². The van der Waals surface area contributed by atoms with Crippen molar-refractivity contribution in [2.45, 2.75) is 38.1 Å². The molecule has 1 saturated carbocycles. The third kappa shape index (κ3) is 4.48. The molecule has 2 amide bonds. The number of hydrogen-bond acceptors (Lipinski definition) is 5. The minimum absolute atomic E-state index is 0.0444. The van der Waals surface area contributed by atoms with Crippen molar-refractivity contribution in [3.05, 3.63) is 66.0 Å². The van der Waals surface area contributed by atoms with Gasteiger partial charge in [-0.15, -0.1) is 15.0 Å². The van der Waals surface area contributed by atoms with Crippen LogP contribution in [0.5, 0.6) is 0 Å². The molecule has 4 rings (SSSR count). The third-order valence-electron chi connectivity index (χ3n) is 4.82. The second-order valence-electron chi connectivity index (χ2n) is 7.06. The van der Waals surface area contributed by atoms with Gasteiger partial charge < -0.3 is 10.6 Å². The van der Waals surface area contributed by atoms with Crippen LogP contribution in [0.2, 0.25) is 0 Å². The van der Waals surface area contributed by atoms with Crippen LogP contribution in [0.3, 0.4) is 0 Å². The first-order valence-electron chi connectivity index (χ1n) is 9.71. The Balaban J connectivity index is 1.42. The Morgan fingerprint density at radius 1 is 1.10 bits per heavy atom. The smallest absolute Gasteiger partial charge is 0.293 e. The van der Waals surface area contributed by atoms with Crippen LogP contribution in [0.25, 0.3) is 5.69 Å². The van der Waals surface area contributed by atoms with E-state index in [0.29, 0.717) is 17.8 Å². The quantitative estimate of drug-likeness (QED) is 0.646. The van der Waals surface area contributed by atoms with E-state index in [2.05, 4.69) is 26.0 Å². The fourth-order valence-corrected chi connectivity index (χ4v) is 3.06. The van der Waals surface area contributed by atoms with E-state index in [-0.39, 0.29) is 29.6 Å². The summed E-state index contributed by atoms with van der Waals surface area (Å²) in [4.78, 5) is 26.0. The molecule has 148 valence electrons. The zero-order valence-corrected chi connectivity index (χ0v) is 16.1. The number of aromatic nitrogens is 4. The molecule has 1 unspecified atom stereocenters. The van der Waals surface area contributed by atoms with Crippen molar-refractivity contribution in [1.29, 1.82) is 0 Å². The van der Waals surface area contributed by atoms with Gasteiger partial charge in [0.2, 0.25) is 5.91 Å². The predicted molar refractivity (Wildman–Crippen MR) is 108 cm³/mol. The van der Waals surface area contributed by atoms with Crippen molar-refractivity contribution in [2.75, 3.05) is 5.32 Å². The molecule has 1 aromatic heterocycles. The van der Waals surface area contributed by atoms with Crippen molar-refractivity contribution in [3.8, 4) is 5.69 Å². The summed E-state index contributed by atoms with van der Waals surface area (Å²) < 4.78 is 0. The minimum Gasteiger partial charge on any atom is -0.346 e. The lowest BCUT2D eigenvalue weighted by molar-refractivity contribution is -0.117. The van der Waals surface area contributed by atoms with Gasteiger partial charge in [0.05, 0.1) is 11.6 Å². The van der Waals surface area contributed by atoms with Gasteiger partial charge in [-0.3, -0.25) is 9.59 Å². The molecule has 0 aliphatic heterocycles. The number of benzene rings is 2. The van der Waals surface area contributed by atoms with Crippen LogP contribution in [0.1, 0.15) is 48.3 Å². The van der Waals surface area contributed by atoms with E-state index < -0.39 is 0 Å². The summed E-state index contributed by atoms with van der Waals surface area (Å²) in [5.74, 6) is -0.526. The van der Waals surface area contributed by atoms with Crippen LogP contribution in [-0.2, 0) is 4.79 Å². The molecule has 1 aliphatic carbocycles. The highest BCUT2D eigenvalue weighted by atomic mass is 16.2. The van der Waals surface area contributed by atoms with Crippen molar-refractivity contribution in [1.82, 2.24) is 25.5 Å². The first-order chi connectivity index (χ1) is 14.1. The molecular weight excluding hydrogens is 368 g/mol. The van der Waals surface area contributed by atoms with Gasteiger partial charge in [0.1, 0.15) is 0 Å². The summed E-state index contributed by atoms with van der Waals surface area (Å²) in [6.07, 6.45) is 2.70. The Morgan fingerprint density at radius 3 is 2.48 bits per heavy atom. The summed E-state index contributed by atoms with van der Waals surface area (Å²) in [5, 5.41) is 17.7. The van der Waals surface area contributed by atoms with Crippen LogP contribution in [0.15, 0.2) is 54.6 Å². The molecule has 1 aliphatic rings. The Hall–Kier alpha value is -3.55. The lowest BCUT2D eigenvalue weighted by atomic mass is 9.95. The SMILES string of the molecule is CCC(C(=O)Nc1ccc(-n2nnc(C(=O)NC3CC3)n2)cc1)c1ccccc1. The highest BCUT2D eigenvalue weighted by Crippen LogP contribution is 2.22. The van der Waals surface area contributed by atoms with Gasteiger partial charge in [-0.25, -0.2) is 0 Å². The van der Waals surface area contributed by atoms with E-state index in [1.54, 1.807) is 24.3 Å². The molecule has 0 radical (unpaired) electrons. The number of nitrogens with zero attached hydrogens (tertiary/aromatic N) is 4. The Labute approximate surface area is 168 Å². The van der Waals surface area contributed by atoms with Crippen LogP contribution in [0.4, 0.5) is 5.69 Å². The first-order valence-corrected chi connectivity index (χ1v) is 9.71. The standard InChI is InChI=1S/C21H22N6O2/c1-2-18(14-6-4-3-5-7-14)20(28)22-16-10-12-17(13-11-16)27-25-19(24-26-27)21(29)23-15-8-9-15/h3-7,10-13,15,18H,2,8-9H2,1H3,(H,22,28)(H,23,29). The zero-order chi connectivity index (χ0) is 20.2. The average Bonchev–Trinajstić information content (AvgIpc) is 3.41. The number of anilines is 1. The molecule has 8 nitrogen and oxygen atoms in total. The van der Waals surface area contributed by atoms with Crippen molar-refractivity contribution < 1.29 is 9.59 Å². The van der Waals surface area contributed by atoms with Gasteiger partial charge in [-0.2, -0.15) is 0 Å². The monoisotopic (exact) mass is 390 g/mol. The molecule has 1 heterocycles. The van der Waals surface area contributed by atoms with Crippen molar-refractivity contribution >= 4 is 17.5 Å². The van der Waals surface area contributed by atoms with Crippen molar-refractivity contribution in [3.63, 3.8) is 0 Å². The zero-order valence-electron chi connectivity index (χ0n) is 16.1. The average molecular weight is 390 g/mol. The van der Waals surface area contributed by atoms with E-state index in [1.165, 1.54) is 4.80 Å². The Kier molecular flexibility index (Phi) is 5.33. The molecule has 1 atom stereocenters. The van der Waals surface area contributed by atoms with Gasteiger partial charge >= 0.3 is 0 Å². The maximum absolute atomic E-state index is 12.7. The molecule has 8 heteroatoms. The molecule has 29 heavy (non-hydrogen) atoms. The molecule has 2 N–H and O–H groups in total. The molecule has 0 bridgehead atoms. The summed E-state index contributed by atoms with van der Waals surface area (Å²) in [6, 6.07) is 17.1. The van der Waals surface area contributed by atoms with Gasteiger partial charge in [0, 0.05) is 11.7 Å². The number of carbonyl (C=O) groups excluding carboxylic acids is 2. The largest absolute Gasteiger partial charge is 0.346 e. The number of nitrogens with one attached hydrogen (secondary N) is 2. The van der Waals surface area contributed by atoms with E-state index >= 15 is 0 Å². The summed E-state index contributed by atoms with van der Waals surface area (Å²) in [7, 11) is 0. The van der Waals surface area contributed by atoms with E-state index in [4.69, 9.17) is 0 Å². The molecular formula is C21H22N6O2. The maximum atomic E-state index is 12.7. The van der Waals surface area contributed by atoms with E-state index in [0.717, 1.165) is 18.4 Å². The van der Waals surface area contributed by atoms with Crippen molar-refractivity contribution in [2.24, 2.45) is 0 Å². The molecule has 0 spiro atoms. The summed E-state index contributed by atoms with van der Waals surface area (Å²) >= 11 is 0. The second kappa shape index (κ2) is 8.22. The number of amides is 2. The minimum atomic E-state index is -0.311. The number of tetrazole rings is 1. The topological polar surface area (TPSA) is 102 Å². The number of carbonyl (C=O) groups is 2. The molecule has 3 aromatic rings. The van der Waals surface area contributed by atoms with E-state index in [9.17, 15) is 9.59 Å². The first kappa shape index (κ1) is 18.8. The van der Waals surface area contributed by atoms with Gasteiger partial charge in [-0.1, -0.05) is 37.3 Å². The molecule has 0 saturated heterocycles. The fourth-order valence-electron chi connectivity index (χ4n) is 3.06. The molecule has 1 fully saturated rings. The van der Waals surface area contributed by atoms with Gasteiger partial charge in [0.15, 0.2) is 0 Å². The van der Waals surface area contributed by atoms with Gasteiger partial charge in [-0.05, 0) is 54.3 Å². The van der Waals surface area contributed by atoms with Gasteiger partial charge in [0.25, 0.3) is 11.7 Å². The second-order valence-corrected chi connectivity index (χ2v) is 7.06. The maximum Gasteiger partial charge on any atom is 0.293 e. The lowest BCUT2D eigenvalue weighted by Crippen LogP contribution is -2.26. The Bertz CT molecular complexity index is 996. The predicted octanol–water partition coefficient (Wildman–Crippen LogP) is 2.69. The van der Waals surface area contributed by atoms with E-state index in [1.807, 2.05) is 37.3 Å². The Morgan fingerprint density at radius 2 is 1.83 bits per heavy atom.